The summed E-state index contributed by atoms with van der Waals surface area (Å²) in [6.45, 7) is 1.13. The smallest absolute Gasteiger partial charge is 0.341 e. The zero-order valence-corrected chi connectivity index (χ0v) is 13.2. The van der Waals surface area contributed by atoms with Crippen LogP contribution in [-0.4, -0.2) is 21.8 Å². The first-order valence-corrected chi connectivity index (χ1v) is 8.20. The lowest BCUT2D eigenvalue weighted by molar-refractivity contribution is 0.0472. The highest BCUT2D eigenvalue weighted by molar-refractivity contribution is 5.88. The fraction of sp³-hybridized carbons (Fsp3) is 0.444. The first-order chi connectivity index (χ1) is 11.2. The molecule has 0 spiro atoms. The van der Waals surface area contributed by atoms with E-state index in [4.69, 9.17) is 10.5 Å². The van der Waals surface area contributed by atoms with E-state index >= 15 is 0 Å². The number of carbonyl (C=O) groups excluding carboxylic acids is 1. The Morgan fingerprint density at radius 2 is 1.96 bits per heavy atom. The van der Waals surface area contributed by atoms with E-state index in [1.807, 2.05) is 35.0 Å². The van der Waals surface area contributed by atoms with E-state index in [-0.39, 0.29) is 12.6 Å². The van der Waals surface area contributed by atoms with Gasteiger partial charge in [-0.05, 0) is 37.2 Å². The van der Waals surface area contributed by atoms with Crippen molar-refractivity contribution < 1.29 is 9.53 Å². The number of hydrogen-bond donors (Lipinski definition) is 1. The number of hydrogen-bond acceptors (Lipinski definition) is 4. The Kier molecular flexibility index (Phi) is 5.08. The van der Waals surface area contributed by atoms with E-state index in [9.17, 15) is 4.79 Å². The summed E-state index contributed by atoms with van der Waals surface area (Å²) in [5.74, 6) is 0.272. The normalized spacial score (nSPS) is 21.1. The molecule has 1 aromatic carbocycles. The van der Waals surface area contributed by atoms with Crippen LogP contribution < -0.4 is 5.73 Å². The largest absolute Gasteiger partial charge is 0.457 e. The molecule has 1 aliphatic carbocycles. The summed E-state index contributed by atoms with van der Waals surface area (Å²) >= 11 is 0. The van der Waals surface area contributed by atoms with Crippen molar-refractivity contribution in [2.24, 2.45) is 11.7 Å². The van der Waals surface area contributed by atoms with Crippen LogP contribution in [0.3, 0.4) is 0 Å². The molecule has 0 amide bonds. The van der Waals surface area contributed by atoms with Crippen LogP contribution in [0.5, 0.6) is 0 Å². The average Bonchev–Trinajstić information content (AvgIpc) is 3.04. The number of nitrogens with two attached hydrogens (primary N) is 1. The number of benzene rings is 1. The Morgan fingerprint density at radius 1 is 1.22 bits per heavy atom. The second-order valence-electron chi connectivity index (χ2n) is 6.29. The molecule has 2 aromatic rings. The molecule has 0 bridgehead atoms. The molecule has 3 rings (SSSR count). The van der Waals surface area contributed by atoms with E-state index in [0.717, 1.165) is 37.8 Å². The molecule has 2 N–H and O–H groups in total. The van der Waals surface area contributed by atoms with Crippen LogP contribution in [0.2, 0.25) is 0 Å². The zero-order chi connectivity index (χ0) is 16.1. The monoisotopic (exact) mass is 313 g/mol. The number of ether oxygens (including phenoxy) is 1. The molecule has 1 saturated carbocycles. The summed E-state index contributed by atoms with van der Waals surface area (Å²) in [6.07, 6.45) is 7.79. The fourth-order valence-corrected chi connectivity index (χ4v) is 3.01. The van der Waals surface area contributed by atoms with E-state index in [1.165, 1.54) is 0 Å². The molecule has 23 heavy (non-hydrogen) atoms. The molecule has 1 aromatic heterocycles. The SMILES string of the molecule is NC1CCC(Cn2cc(C(=O)OCc3ccccc3)cn2)CC1. The van der Waals surface area contributed by atoms with Crippen molar-refractivity contribution in [1.82, 2.24) is 9.78 Å². The van der Waals surface area contributed by atoms with Gasteiger partial charge in [-0.3, -0.25) is 4.68 Å². The van der Waals surface area contributed by atoms with Crippen LogP contribution in [0.4, 0.5) is 0 Å². The average molecular weight is 313 g/mol. The summed E-state index contributed by atoms with van der Waals surface area (Å²) in [5.41, 5.74) is 7.42. The Bertz CT molecular complexity index is 631. The van der Waals surface area contributed by atoms with Gasteiger partial charge in [0.1, 0.15) is 6.61 Å². The second kappa shape index (κ2) is 7.42. The molecule has 1 heterocycles. The summed E-state index contributed by atoms with van der Waals surface area (Å²) in [4.78, 5) is 12.1. The van der Waals surface area contributed by atoms with Crippen molar-refractivity contribution in [1.29, 1.82) is 0 Å². The quantitative estimate of drug-likeness (QED) is 0.862. The highest BCUT2D eigenvalue weighted by Crippen LogP contribution is 2.24. The number of rotatable bonds is 5. The van der Waals surface area contributed by atoms with Crippen LogP contribution in [0.25, 0.3) is 0 Å². The van der Waals surface area contributed by atoms with Gasteiger partial charge in [-0.2, -0.15) is 5.10 Å². The number of nitrogens with zero attached hydrogens (tertiary/aromatic N) is 2. The lowest BCUT2D eigenvalue weighted by Gasteiger charge is -2.25. The topological polar surface area (TPSA) is 70.1 Å². The van der Waals surface area contributed by atoms with E-state index in [0.29, 0.717) is 17.5 Å². The molecule has 0 aliphatic heterocycles. The molecule has 0 radical (unpaired) electrons. The molecule has 0 unspecified atom stereocenters. The lowest BCUT2D eigenvalue weighted by Crippen LogP contribution is -2.28. The van der Waals surface area contributed by atoms with E-state index in [1.54, 1.807) is 12.4 Å². The van der Waals surface area contributed by atoms with Gasteiger partial charge in [0.2, 0.25) is 0 Å². The standard InChI is InChI=1S/C18H23N3O2/c19-17-8-6-14(7-9-17)11-21-12-16(10-20-21)18(22)23-13-15-4-2-1-3-5-15/h1-5,10,12,14,17H,6-9,11,13,19H2. The minimum atomic E-state index is -0.328. The second-order valence-corrected chi connectivity index (χ2v) is 6.29. The third-order valence-corrected chi connectivity index (χ3v) is 4.42. The van der Waals surface area contributed by atoms with Crippen LogP contribution in [0.1, 0.15) is 41.6 Å². The Morgan fingerprint density at radius 3 is 2.70 bits per heavy atom. The molecule has 0 atom stereocenters. The van der Waals surface area contributed by atoms with Gasteiger partial charge in [-0.1, -0.05) is 30.3 Å². The first kappa shape index (κ1) is 15.7. The Hall–Kier alpha value is -2.14. The molecule has 5 heteroatoms. The summed E-state index contributed by atoms with van der Waals surface area (Å²) in [5, 5.41) is 4.29. The van der Waals surface area contributed by atoms with Gasteiger partial charge in [0.15, 0.2) is 0 Å². The van der Waals surface area contributed by atoms with Crippen molar-refractivity contribution in [2.45, 2.75) is 44.9 Å². The predicted octanol–water partition coefficient (Wildman–Crippen LogP) is 2.76. The van der Waals surface area contributed by atoms with Gasteiger partial charge in [0, 0.05) is 18.8 Å². The maximum absolute atomic E-state index is 12.1. The molecule has 0 saturated heterocycles. The maximum atomic E-state index is 12.1. The third kappa shape index (κ3) is 4.42. The van der Waals surface area contributed by atoms with Crippen molar-refractivity contribution in [3.05, 3.63) is 53.9 Å². The van der Waals surface area contributed by atoms with Crippen LogP contribution >= 0.6 is 0 Å². The third-order valence-electron chi connectivity index (χ3n) is 4.42. The van der Waals surface area contributed by atoms with Gasteiger partial charge >= 0.3 is 5.97 Å². The first-order valence-electron chi connectivity index (χ1n) is 8.20. The number of carbonyl (C=O) groups is 1. The van der Waals surface area contributed by atoms with Crippen molar-refractivity contribution in [2.75, 3.05) is 0 Å². The van der Waals surface area contributed by atoms with Gasteiger partial charge in [-0.25, -0.2) is 4.79 Å². The van der Waals surface area contributed by atoms with Crippen molar-refractivity contribution >= 4 is 5.97 Å². The molecular weight excluding hydrogens is 290 g/mol. The Balaban J connectivity index is 1.51. The number of esters is 1. The Labute approximate surface area is 136 Å². The molecular formula is C18H23N3O2. The fourth-order valence-electron chi connectivity index (χ4n) is 3.01. The van der Waals surface area contributed by atoms with Crippen LogP contribution in [-0.2, 0) is 17.9 Å². The van der Waals surface area contributed by atoms with Gasteiger partial charge in [-0.15, -0.1) is 0 Å². The highest BCUT2D eigenvalue weighted by atomic mass is 16.5. The van der Waals surface area contributed by atoms with Crippen LogP contribution in [0, 0.1) is 5.92 Å². The summed E-state index contributed by atoms with van der Waals surface area (Å²) in [7, 11) is 0. The molecule has 5 nitrogen and oxygen atoms in total. The predicted molar refractivity (Wildman–Crippen MR) is 87.7 cm³/mol. The van der Waals surface area contributed by atoms with E-state index in [2.05, 4.69) is 5.10 Å². The van der Waals surface area contributed by atoms with Crippen molar-refractivity contribution in [3.63, 3.8) is 0 Å². The summed E-state index contributed by atoms with van der Waals surface area (Å²) < 4.78 is 7.17. The lowest BCUT2D eigenvalue weighted by atomic mass is 9.86. The molecule has 1 aliphatic rings. The minimum Gasteiger partial charge on any atom is -0.457 e. The minimum absolute atomic E-state index is 0.283. The van der Waals surface area contributed by atoms with Gasteiger partial charge in [0.05, 0.1) is 11.8 Å². The molecule has 1 fully saturated rings. The zero-order valence-electron chi connectivity index (χ0n) is 13.2. The van der Waals surface area contributed by atoms with Crippen LogP contribution in [0.15, 0.2) is 42.7 Å². The highest BCUT2D eigenvalue weighted by Gasteiger charge is 2.19. The summed E-state index contributed by atoms with van der Waals surface area (Å²) in [6, 6.07) is 10.0. The maximum Gasteiger partial charge on any atom is 0.341 e. The van der Waals surface area contributed by atoms with Gasteiger partial charge < -0.3 is 10.5 Å². The number of aromatic nitrogens is 2. The molecule has 122 valence electrons. The van der Waals surface area contributed by atoms with Gasteiger partial charge in [0.25, 0.3) is 0 Å². The van der Waals surface area contributed by atoms with Crippen molar-refractivity contribution in [3.8, 4) is 0 Å². The van der Waals surface area contributed by atoms with E-state index < -0.39 is 0 Å².